The minimum absolute atomic E-state index is 0.0162. The Kier molecular flexibility index (Phi) is 6.30. The number of nitrogens with zero attached hydrogens (tertiary/aromatic N) is 2. The van der Waals surface area contributed by atoms with E-state index < -0.39 is 20.3 Å². The predicted octanol–water partition coefficient (Wildman–Crippen LogP) is 4.60. The van der Waals surface area contributed by atoms with Crippen LogP contribution in [0.5, 0.6) is 5.75 Å². The molecule has 4 atom stereocenters. The van der Waals surface area contributed by atoms with Gasteiger partial charge in [0, 0.05) is 28.5 Å². The zero-order valence-electron chi connectivity index (χ0n) is 20.8. The Balaban J connectivity index is 1.46. The first-order chi connectivity index (χ1) is 17.0. The van der Waals surface area contributed by atoms with Crippen LogP contribution < -0.4 is 14.8 Å². The number of aryl methyl sites for hydroxylation is 1. The summed E-state index contributed by atoms with van der Waals surface area (Å²) in [6, 6.07) is 8.04. The van der Waals surface area contributed by atoms with Crippen LogP contribution >= 0.6 is 0 Å². The molecule has 192 valence electrons. The molecule has 10 heteroatoms. The molecule has 0 amide bonds. The molecule has 5 rings (SSSR count). The Morgan fingerprint density at radius 3 is 2.78 bits per heavy atom. The minimum atomic E-state index is -2.60. The van der Waals surface area contributed by atoms with Crippen LogP contribution in [0.25, 0.3) is 10.9 Å². The molecule has 1 aromatic heterocycles. The zero-order valence-corrected chi connectivity index (χ0v) is 21.7. The van der Waals surface area contributed by atoms with Gasteiger partial charge in [-0.15, -0.1) is 0 Å². The lowest BCUT2D eigenvalue weighted by molar-refractivity contribution is 0.0310. The number of benzene rings is 2. The van der Waals surface area contributed by atoms with Crippen LogP contribution in [0.3, 0.4) is 0 Å². The SMILES string of the molecule is C=S(=O)(Nc1cc(C)c2c(Nc3ccc(F)cc3OC3COC4CCOC43)ncnc2c1)C(C)(C)C. The normalized spacial score (nSPS) is 23.3. The number of halogens is 1. The lowest BCUT2D eigenvalue weighted by Gasteiger charge is -2.26. The predicted molar refractivity (Wildman–Crippen MR) is 141 cm³/mol. The van der Waals surface area contributed by atoms with Gasteiger partial charge in [-0.05, 0) is 69.8 Å². The molecule has 2 aliphatic rings. The van der Waals surface area contributed by atoms with E-state index in [4.69, 9.17) is 14.2 Å². The van der Waals surface area contributed by atoms with Gasteiger partial charge in [-0.2, -0.15) is 0 Å². The fourth-order valence-corrected chi connectivity index (χ4v) is 5.21. The number of hydrogen-bond acceptors (Lipinski definition) is 7. The topological polar surface area (TPSA) is 94.6 Å². The highest BCUT2D eigenvalue weighted by Gasteiger charge is 2.43. The van der Waals surface area contributed by atoms with Gasteiger partial charge < -0.3 is 24.2 Å². The van der Waals surface area contributed by atoms with Crippen molar-refractivity contribution in [3.8, 4) is 5.75 Å². The summed E-state index contributed by atoms with van der Waals surface area (Å²) in [5.74, 6) is 4.40. The summed E-state index contributed by atoms with van der Waals surface area (Å²) in [5, 5.41) is 4.08. The molecule has 0 bridgehead atoms. The number of ether oxygens (including phenoxy) is 3. The zero-order chi connectivity index (χ0) is 25.7. The first kappa shape index (κ1) is 24.7. The molecule has 3 aromatic rings. The lowest BCUT2D eigenvalue weighted by Crippen LogP contribution is -2.33. The highest BCUT2D eigenvalue weighted by molar-refractivity contribution is 8.02. The van der Waals surface area contributed by atoms with Crippen molar-refractivity contribution in [3.05, 3.63) is 48.0 Å². The summed E-state index contributed by atoms with van der Waals surface area (Å²) >= 11 is 0. The van der Waals surface area contributed by atoms with Gasteiger partial charge in [0.05, 0.1) is 33.6 Å². The second kappa shape index (κ2) is 9.17. The van der Waals surface area contributed by atoms with Gasteiger partial charge in [0.2, 0.25) is 0 Å². The van der Waals surface area contributed by atoms with Crippen LogP contribution in [0.2, 0.25) is 0 Å². The molecule has 3 heterocycles. The van der Waals surface area contributed by atoms with Crippen LogP contribution in [0.15, 0.2) is 36.7 Å². The lowest BCUT2D eigenvalue weighted by atomic mass is 10.1. The molecule has 0 saturated carbocycles. The summed E-state index contributed by atoms with van der Waals surface area (Å²) in [4.78, 5) is 8.87. The molecule has 36 heavy (non-hydrogen) atoms. The Morgan fingerprint density at radius 1 is 1.19 bits per heavy atom. The third-order valence-corrected chi connectivity index (χ3v) is 9.15. The molecule has 2 N–H and O–H groups in total. The van der Waals surface area contributed by atoms with Crippen LogP contribution in [0.4, 0.5) is 21.6 Å². The van der Waals surface area contributed by atoms with Crippen molar-refractivity contribution in [2.45, 2.75) is 57.2 Å². The highest BCUT2D eigenvalue weighted by atomic mass is 32.2. The second-order valence-corrected chi connectivity index (χ2v) is 13.0. The monoisotopic (exact) mass is 514 g/mol. The van der Waals surface area contributed by atoms with E-state index >= 15 is 0 Å². The van der Waals surface area contributed by atoms with E-state index in [0.717, 1.165) is 17.4 Å². The Hall–Kier alpha value is -2.95. The largest absolute Gasteiger partial charge is 0.483 e. The third kappa shape index (κ3) is 4.72. The van der Waals surface area contributed by atoms with E-state index in [1.165, 1.54) is 18.5 Å². The second-order valence-electron chi connectivity index (χ2n) is 10.2. The average molecular weight is 515 g/mol. The summed E-state index contributed by atoms with van der Waals surface area (Å²) in [6.07, 6.45) is 1.82. The molecule has 2 saturated heterocycles. The molecule has 0 radical (unpaired) electrons. The average Bonchev–Trinajstić information content (AvgIpc) is 3.39. The Morgan fingerprint density at radius 2 is 2.00 bits per heavy atom. The van der Waals surface area contributed by atoms with E-state index in [-0.39, 0.29) is 18.3 Å². The number of fused-ring (bicyclic) bond motifs is 2. The fraction of sp³-hybridized carbons (Fsp3) is 0.423. The van der Waals surface area contributed by atoms with Gasteiger partial charge >= 0.3 is 0 Å². The molecule has 4 unspecified atom stereocenters. The van der Waals surface area contributed by atoms with Gasteiger partial charge in [0.1, 0.15) is 29.8 Å². The maximum atomic E-state index is 14.2. The van der Waals surface area contributed by atoms with Gasteiger partial charge in [0.25, 0.3) is 0 Å². The molecular weight excluding hydrogens is 483 g/mol. The van der Waals surface area contributed by atoms with Crippen LogP contribution in [0.1, 0.15) is 32.8 Å². The van der Waals surface area contributed by atoms with Crippen LogP contribution in [-0.2, 0) is 19.2 Å². The molecular formula is C26H31FN4O4S. The van der Waals surface area contributed by atoms with Crippen molar-refractivity contribution < 1.29 is 22.8 Å². The Bertz CT molecular complexity index is 1410. The summed E-state index contributed by atoms with van der Waals surface area (Å²) < 4.78 is 47.5. The van der Waals surface area contributed by atoms with Gasteiger partial charge in [-0.25, -0.2) is 18.6 Å². The quantitative estimate of drug-likeness (QED) is 0.465. The van der Waals surface area contributed by atoms with Crippen molar-refractivity contribution in [1.82, 2.24) is 9.97 Å². The van der Waals surface area contributed by atoms with E-state index in [2.05, 4.69) is 25.9 Å². The Labute approximate surface area is 210 Å². The molecule has 0 aliphatic carbocycles. The van der Waals surface area contributed by atoms with Crippen molar-refractivity contribution in [2.75, 3.05) is 23.3 Å². The maximum absolute atomic E-state index is 14.2. The van der Waals surface area contributed by atoms with Crippen molar-refractivity contribution in [1.29, 1.82) is 0 Å². The summed E-state index contributed by atoms with van der Waals surface area (Å²) in [5.41, 5.74) is 2.76. The van der Waals surface area contributed by atoms with E-state index in [1.807, 2.05) is 39.8 Å². The first-order valence-corrected chi connectivity index (χ1v) is 13.6. The molecule has 2 aromatic carbocycles. The van der Waals surface area contributed by atoms with E-state index in [9.17, 15) is 8.60 Å². The molecule has 8 nitrogen and oxygen atoms in total. The van der Waals surface area contributed by atoms with E-state index in [0.29, 0.717) is 41.7 Å². The minimum Gasteiger partial charge on any atom is -0.483 e. The smallest absolute Gasteiger partial charge is 0.151 e. The number of nitrogens with one attached hydrogen (secondary N) is 2. The van der Waals surface area contributed by atoms with Gasteiger partial charge in [-0.3, -0.25) is 0 Å². The molecule has 2 aliphatic heterocycles. The standard InChI is InChI=1S/C26H31FN4O4S/c1-15-10-17(31-36(5,32)26(2,3)4)12-19-23(15)25(29-14-28-19)30-18-7-6-16(27)11-21(18)35-22-13-34-20-8-9-33-24(20)22/h6-7,10-12,14,20,22,24H,5,8-9,13H2,1-4H3,(H,31,32)(H,28,29,30). The summed E-state index contributed by atoms with van der Waals surface area (Å²) in [7, 11) is -2.60. The highest BCUT2D eigenvalue weighted by Crippen LogP contribution is 2.36. The number of anilines is 3. The number of aromatic nitrogens is 2. The van der Waals surface area contributed by atoms with Crippen LogP contribution in [-0.4, -0.2) is 56.3 Å². The van der Waals surface area contributed by atoms with Crippen molar-refractivity contribution >= 4 is 43.7 Å². The van der Waals surface area contributed by atoms with Crippen molar-refractivity contribution in [2.24, 2.45) is 0 Å². The summed E-state index contributed by atoms with van der Waals surface area (Å²) in [6.45, 7) is 8.59. The van der Waals surface area contributed by atoms with Gasteiger partial charge in [-0.1, -0.05) is 0 Å². The number of rotatable bonds is 6. The van der Waals surface area contributed by atoms with Crippen molar-refractivity contribution in [3.63, 3.8) is 0 Å². The molecule has 2 fully saturated rings. The fourth-order valence-electron chi connectivity index (χ4n) is 4.41. The van der Waals surface area contributed by atoms with E-state index in [1.54, 1.807) is 6.07 Å². The first-order valence-electron chi connectivity index (χ1n) is 11.9. The van der Waals surface area contributed by atoms with Gasteiger partial charge in [0.15, 0.2) is 6.10 Å². The number of hydrogen-bond donors (Lipinski definition) is 2. The van der Waals surface area contributed by atoms with Crippen LogP contribution in [0, 0.1) is 12.7 Å². The maximum Gasteiger partial charge on any atom is 0.151 e. The molecule has 0 spiro atoms. The third-order valence-electron chi connectivity index (χ3n) is 6.60.